The summed E-state index contributed by atoms with van der Waals surface area (Å²) in [5.41, 5.74) is -0.298. The first-order valence-corrected chi connectivity index (χ1v) is 5.79. The molecule has 0 fully saturated rings. The minimum absolute atomic E-state index is 0.00272. The largest absolute Gasteiger partial charge is 0.495 e. The van der Waals surface area contributed by atoms with Gasteiger partial charge in [0.2, 0.25) is 5.75 Å². The molecule has 0 N–H and O–H groups in total. The van der Waals surface area contributed by atoms with Crippen LogP contribution < -0.4 is 9.47 Å². The second-order valence-corrected chi connectivity index (χ2v) is 3.41. The zero-order valence-corrected chi connectivity index (χ0v) is 10.9. The fourth-order valence-electron chi connectivity index (χ4n) is 1.36. The molecular formula is C12H16N2O5. The Labute approximate surface area is 111 Å². The third-order valence-corrected chi connectivity index (χ3v) is 2.05. The Hall–Kier alpha value is -2.31. The van der Waals surface area contributed by atoms with E-state index < -0.39 is 4.92 Å². The van der Waals surface area contributed by atoms with Crippen LogP contribution in [0.2, 0.25) is 0 Å². The standard InChI is InChI=1S/C12H16N2O5/c1-4-17-9(3)8-19-12-11(14(15)16)10(18-5-2)6-7-13-12/h6-7H,3-5,8H2,1-2H3. The summed E-state index contributed by atoms with van der Waals surface area (Å²) in [6, 6.07) is 1.42. The summed E-state index contributed by atoms with van der Waals surface area (Å²) < 4.78 is 15.5. The SMILES string of the molecule is C=C(COc1nccc(OCC)c1[N+](=O)[O-])OCC. The highest BCUT2D eigenvalue weighted by Gasteiger charge is 2.24. The smallest absolute Gasteiger partial charge is 0.372 e. The summed E-state index contributed by atoms with van der Waals surface area (Å²) in [5, 5.41) is 11.0. The van der Waals surface area contributed by atoms with Crippen LogP contribution in [0, 0.1) is 10.1 Å². The van der Waals surface area contributed by atoms with Gasteiger partial charge in [0, 0.05) is 12.3 Å². The van der Waals surface area contributed by atoms with Crippen molar-refractivity contribution in [2.45, 2.75) is 13.8 Å². The monoisotopic (exact) mass is 268 g/mol. The van der Waals surface area contributed by atoms with E-state index >= 15 is 0 Å². The predicted octanol–water partition coefficient (Wildman–Crippen LogP) is 2.32. The van der Waals surface area contributed by atoms with Gasteiger partial charge in [0.05, 0.1) is 18.1 Å². The lowest BCUT2D eigenvalue weighted by Crippen LogP contribution is -2.07. The molecule has 0 atom stereocenters. The predicted molar refractivity (Wildman–Crippen MR) is 68.3 cm³/mol. The van der Waals surface area contributed by atoms with E-state index in [1.807, 2.05) is 6.92 Å². The van der Waals surface area contributed by atoms with Gasteiger partial charge in [-0.1, -0.05) is 6.58 Å². The highest BCUT2D eigenvalue weighted by molar-refractivity contribution is 5.53. The van der Waals surface area contributed by atoms with Gasteiger partial charge < -0.3 is 14.2 Å². The van der Waals surface area contributed by atoms with Crippen molar-refractivity contribution < 1.29 is 19.1 Å². The Morgan fingerprint density at radius 1 is 1.42 bits per heavy atom. The molecule has 0 unspecified atom stereocenters. The van der Waals surface area contributed by atoms with Crippen molar-refractivity contribution in [2.75, 3.05) is 19.8 Å². The third kappa shape index (κ3) is 4.13. The lowest BCUT2D eigenvalue weighted by atomic mass is 10.3. The van der Waals surface area contributed by atoms with Crippen LogP contribution in [0.5, 0.6) is 11.6 Å². The first-order chi connectivity index (χ1) is 9.10. The average Bonchev–Trinajstić information content (AvgIpc) is 2.37. The summed E-state index contributed by atoms with van der Waals surface area (Å²) in [6.45, 7) is 7.93. The Morgan fingerprint density at radius 3 is 2.74 bits per heavy atom. The third-order valence-electron chi connectivity index (χ3n) is 2.05. The van der Waals surface area contributed by atoms with E-state index in [1.165, 1.54) is 12.3 Å². The second-order valence-electron chi connectivity index (χ2n) is 3.41. The van der Waals surface area contributed by atoms with Crippen molar-refractivity contribution in [3.05, 3.63) is 34.7 Å². The van der Waals surface area contributed by atoms with Crippen LogP contribution in [-0.2, 0) is 4.74 Å². The number of pyridine rings is 1. The zero-order chi connectivity index (χ0) is 14.3. The second kappa shape index (κ2) is 7.20. The van der Waals surface area contributed by atoms with Gasteiger partial charge in [-0.05, 0) is 13.8 Å². The van der Waals surface area contributed by atoms with E-state index in [2.05, 4.69) is 11.6 Å². The molecule has 7 nitrogen and oxygen atoms in total. The quantitative estimate of drug-likeness (QED) is 0.408. The maximum Gasteiger partial charge on any atom is 0.372 e. The van der Waals surface area contributed by atoms with Gasteiger partial charge in [-0.3, -0.25) is 10.1 Å². The fourth-order valence-corrected chi connectivity index (χ4v) is 1.36. The normalized spacial score (nSPS) is 9.79. The molecule has 0 bridgehead atoms. The molecule has 1 aromatic rings. The highest BCUT2D eigenvalue weighted by atomic mass is 16.6. The van der Waals surface area contributed by atoms with Crippen molar-refractivity contribution in [1.29, 1.82) is 0 Å². The Morgan fingerprint density at radius 2 is 2.16 bits per heavy atom. The molecule has 0 radical (unpaired) electrons. The molecule has 19 heavy (non-hydrogen) atoms. The Balaban J connectivity index is 2.90. The number of aromatic nitrogens is 1. The fraction of sp³-hybridized carbons (Fsp3) is 0.417. The number of ether oxygens (including phenoxy) is 3. The topological polar surface area (TPSA) is 83.7 Å². The average molecular weight is 268 g/mol. The van der Waals surface area contributed by atoms with Crippen LogP contribution >= 0.6 is 0 Å². The summed E-state index contributed by atoms with van der Waals surface area (Å²) in [4.78, 5) is 14.3. The molecule has 104 valence electrons. The molecule has 0 saturated carbocycles. The first-order valence-electron chi connectivity index (χ1n) is 5.79. The van der Waals surface area contributed by atoms with Gasteiger partial charge in [-0.25, -0.2) is 4.98 Å². The zero-order valence-electron chi connectivity index (χ0n) is 10.9. The molecule has 1 heterocycles. The van der Waals surface area contributed by atoms with Crippen LogP contribution in [0.1, 0.15) is 13.8 Å². The Bertz CT molecular complexity index is 461. The van der Waals surface area contributed by atoms with E-state index in [0.717, 1.165) is 0 Å². The van der Waals surface area contributed by atoms with Crippen LogP contribution in [0.4, 0.5) is 5.69 Å². The van der Waals surface area contributed by atoms with Gasteiger partial charge in [0.15, 0.2) is 0 Å². The van der Waals surface area contributed by atoms with Gasteiger partial charge >= 0.3 is 5.69 Å². The Kier molecular flexibility index (Phi) is 5.59. The number of nitrogens with zero attached hydrogens (tertiary/aromatic N) is 2. The summed E-state index contributed by atoms with van der Waals surface area (Å²) in [6.07, 6.45) is 1.39. The molecule has 1 aromatic heterocycles. The van der Waals surface area contributed by atoms with Gasteiger partial charge in [0.25, 0.3) is 5.88 Å². The number of hydrogen-bond acceptors (Lipinski definition) is 6. The molecular weight excluding hydrogens is 252 g/mol. The minimum Gasteiger partial charge on any atom is -0.495 e. The molecule has 0 aliphatic carbocycles. The summed E-state index contributed by atoms with van der Waals surface area (Å²) in [5.74, 6) is 0.386. The molecule has 0 aromatic carbocycles. The van der Waals surface area contributed by atoms with Crippen LogP contribution in [-0.4, -0.2) is 29.7 Å². The summed E-state index contributed by atoms with van der Waals surface area (Å²) in [7, 11) is 0. The molecule has 0 saturated heterocycles. The molecule has 1 rings (SSSR count). The van der Waals surface area contributed by atoms with Crippen LogP contribution in [0.3, 0.4) is 0 Å². The van der Waals surface area contributed by atoms with Crippen molar-refractivity contribution in [3.63, 3.8) is 0 Å². The first kappa shape index (κ1) is 14.7. The van der Waals surface area contributed by atoms with E-state index in [-0.39, 0.29) is 23.9 Å². The van der Waals surface area contributed by atoms with E-state index in [1.54, 1.807) is 6.92 Å². The van der Waals surface area contributed by atoms with E-state index in [4.69, 9.17) is 14.2 Å². The molecule has 0 spiro atoms. The molecule has 0 amide bonds. The van der Waals surface area contributed by atoms with Gasteiger partial charge in [-0.15, -0.1) is 0 Å². The van der Waals surface area contributed by atoms with Crippen molar-refractivity contribution in [2.24, 2.45) is 0 Å². The number of hydrogen-bond donors (Lipinski definition) is 0. The lowest BCUT2D eigenvalue weighted by molar-refractivity contribution is -0.387. The van der Waals surface area contributed by atoms with Crippen molar-refractivity contribution >= 4 is 5.69 Å². The highest BCUT2D eigenvalue weighted by Crippen LogP contribution is 2.34. The van der Waals surface area contributed by atoms with Crippen LogP contribution in [0.15, 0.2) is 24.6 Å². The van der Waals surface area contributed by atoms with E-state index in [0.29, 0.717) is 19.0 Å². The summed E-state index contributed by atoms with van der Waals surface area (Å²) >= 11 is 0. The van der Waals surface area contributed by atoms with Gasteiger partial charge in [0.1, 0.15) is 12.4 Å². The maximum absolute atomic E-state index is 11.0. The lowest BCUT2D eigenvalue weighted by Gasteiger charge is -2.10. The molecule has 0 aliphatic heterocycles. The van der Waals surface area contributed by atoms with Crippen LogP contribution in [0.25, 0.3) is 0 Å². The van der Waals surface area contributed by atoms with E-state index in [9.17, 15) is 10.1 Å². The van der Waals surface area contributed by atoms with Gasteiger partial charge in [-0.2, -0.15) is 0 Å². The molecule has 0 aliphatic rings. The van der Waals surface area contributed by atoms with Crippen molar-refractivity contribution in [3.8, 4) is 11.6 Å². The number of rotatable bonds is 8. The van der Waals surface area contributed by atoms with Crippen molar-refractivity contribution in [1.82, 2.24) is 4.98 Å². The minimum atomic E-state index is -0.587. The maximum atomic E-state index is 11.0. The number of nitro groups is 1. The molecule has 7 heteroatoms.